The second-order valence-corrected chi connectivity index (χ2v) is 6.63. The van der Waals surface area contributed by atoms with Crippen LogP contribution in [0.15, 0.2) is 60.7 Å². The number of aromatic nitrogens is 3. The molecule has 0 spiro atoms. The molecule has 0 fully saturated rings. The Kier molecular flexibility index (Phi) is 4.73. The lowest BCUT2D eigenvalue weighted by atomic mass is 10.0. The molecule has 1 aromatic heterocycles. The molecule has 2 N–H and O–H groups in total. The maximum absolute atomic E-state index is 9.08. The minimum Gasteiger partial charge on any atom is -0.396 e. The van der Waals surface area contributed by atoms with E-state index in [1.54, 1.807) is 0 Å². The first-order valence-corrected chi connectivity index (χ1v) is 8.98. The number of aliphatic hydroxyl groups is 1. The van der Waals surface area contributed by atoms with Gasteiger partial charge in [0.05, 0.1) is 0 Å². The molecule has 1 aliphatic rings. The van der Waals surface area contributed by atoms with Gasteiger partial charge in [-0.15, -0.1) is 0 Å². The van der Waals surface area contributed by atoms with Crippen molar-refractivity contribution in [3.8, 4) is 0 Å². The van der Waals surface area contributed by atoms with Gasteiger partial charge in [-0.05, 0) is 35.8 Å². The monoisotopic (exact) mass is 366 g/mol. The maximum atomic E-state index is 9.08. The Morgan fingerprint density at radius 2 is 1.85 bits per heavy atom. The first kappa shape index (κ1) is 16.8. The first-order valence-electron chi connectivity index (χ1n) is 8.60. The molecular weight excluding hydrogens is 348 g/mol. The SMILES string of the molecule is OCCCc1nc2n(n1)C(c1ccc(Cl)cc1)C=C(c1ccccc1)N2. The number of benzene rings is 2. The van der Waals surface area contributed by atoms with Crippen molar-refractivity contribution in [1.29, 1.82) is 0 Å². The summed E-state index contributed by atoms with van der Waals surface area (Å²) in [5.74, 6) is 1.43. The molecule has 1 unspecified atom stereocenters. The van der Waals surface area contributed by atoms with Crippen molar-refractivity contribution in [2.75, 3.05) is 11.9 Å². The molecule has 5 nitrogen and oxygen atoms in total. The second-order valence-electron chi connectivity index (χ2n) is 6.19. The first-order chi connectivity index (χ1) is 12.7. The van der Waals surface area contributed by atoms with E-state index < -0.39 is 0 Å². The van der Waals surface area contributed by atoms with Gasteiger partial charge in [0.2, 0.25) is 5.95 Å². The van der Waals surface area contributed by atoms with Gasteiger partial charge in [0.15, 0.2) is 5.82 Å². The molecule has 0 radical (unpaired) electrons. The van der Waals surface area contributed by atoms with Gasteiger partial charge in [-0.3, -0.25) is 0 Å². The van der Waals surface area contributed by atoms with E-state index in [4.69, 9.17) is 16.7 Å². The molecule has 0 amide bonds. The van der Waals surface area contributed by atoms with E-state index in [0.717, 1.165) is 22.6 Å². The Labute approximate surface area is 157 Å². The van der Waals surface area contributed by atoms with E-state index in [9.17, 15) is 0 Å². The highest BCUT2D eigenvalue weighted by atomic mass is 35.5. The summed E-state index contributed by atoms with van der Waals surface area (Å²) in [5.41, 5.74) is 3.18. The van der Waals surface area contributed by atoms with Crippen molar-refractivity contribution in [1.82, 2.24) is 14.8 Å². The van der Waals surface area contributed by atoms with Crippen LogP contribution in [0.2, 0.25) is 5.02 Å². The third-order valence-electron chi connectivity index (χ3n) is 4.36. The number of anilines is 1. The highest BCUT2D eigenvalue weighted by Gasteiger charge is 2.25. The molecule has 0 saturated heterocycles. The number of aryl methyl sites for hydroxylation is 1. The zero-order chi connectivity index (χ0) is 17.9. The number of nitrogens with one attached hydrogen (secondary N) is 1. The van der Waals surface area contributed by atoms with Crippen LogP contribution >= 0.6 is 11.6 Å². The van der Waals surface area contributed by atoms with Gasteiger partial charge < -0.3 is 10.4 Å². The van der Waals surface area contributed by atoms with Gasteiger partial charge in [-0.1, -0.05) is 54.1 Å². The third kappa shape index (κ3) is 3.36. The smallest absolute Gasteiger partial charge is 0.226 e. The second kappa shape index (κ2) is 7.32. The van der Waals surface area contributed by atoms with Gasteiger partial charge in [0.1, 0.15) is 6.04 Å². The molecule has 4 rings (SSSR count). The highest BCUT2D eigenvalue weighted by molar-refractivity contribution is 6.30. The fourth-order valence-electron chi connectivity index (χ4n) is 3.06. The van der Waals surface area contributed by atoms with E-state index in [-0.39, 0.29) is 12.6 Å². The number of halogens is 1. The zero-order valence-corrected chi connectivity index (χ0v) is 14.9. The summed E-state index contributed by atoms with van der Waals surface area (Å²) in [4.78, 5) is 4.62. The average Bonchev–Trinajstić information content (AvgIpc) is 3.10. The summed E-state index contributed by atoms with van der Waals surface area (Å²) in [6.07, 6.45) is 3.44. The summed E-state index contributed by atoms with van der Waals surface area (Å²) in [5, 5.41) is 17.8. The van der Waals surface area contributed by atoms with Crippen LogP contribution < -0.4 is 5.32 Å². The summed E-state index contributed by atoms with van der Waals surface area (Å²) in [7, 11) is 0. The topological polar surface area (TPSA) is 63.0 Å². The Bertz CT molecular complexity index is 919. The van der Waals surface area contributed by atoms with Crippen LogP contribution in [0.1, 0.15) is 29.4 Å². The van der Waals surface area contributed by atoms with E-state index in [2.05, 4.69) is 33.6 Å². The zero-order valence-electron chi connectivity index (χ0n) is 14.1. The van der Waals surface area contributed by atoms with Crippen LogP contribution in [-0.2, 0) is 6.42 Å². The minimum absolute atomic E-state index is 0.0749. The molecule has 26 heavy (non-hydrogen) atoms. The van der Waals surface area contributed by atoms with Crippen molar-refractivity contribution in [3.05, 3.63) is 82.6 Å². The van der Waals surface area contributed by atoms with Crippen LogP contribution in [-0.4, -0.2) is 26.5 Å². The number of nitrogens with zero attached hydrogens (tertiary/aromatic N) is 3. The van der Waals surface area contributed by atoms with E-state index in [0.29, 0.717) is 23.8 Å². The molecule has 3 aromatic rings. The van der Waals surface area contributed by atoms with Crippen LogP contribution in [0.5, 0.6) is 0 Å². The predicted molar refractivity (Wildman–Crippen MR) is 103 cm³/mol. The van der Waals surface area contributed by atoms with E-state index in [1.807, 2.05) is 47.1 Å². The van der Waals surface area contributed by atoms with Crippen LogP contribution in [0, 0.1) is 0 Å². The van der Waals surface area contributed by atoms with Crippen molar-refractivity contribution in [3.63, 3.8) is 0 Å². The van der Waals surface area contributed by atoms with Crippen molar-refractivity contribution in [2.24, 2.45) is 0 Å². The number of allylic oxidation sites excluding steroid dienone is 1. The highest BCUT2D eigenvalue weighted by Crippen LogP contribution is 2.33. The molecule has 0 bridgehead atoms. The molecule has 0 aliphatic carbocycles. The largest absolute Gasteiger partial charge is 0.396 e. The fourth-order valence-corrected chi connectivity index (χ4v) is 3.19. The average molecular weight is 367 g/mol. The Hall–Kier alpha value is -2.63. The van der Waals surface area contributed by atoms with Gasteiger partial charge in [-0.2, -0.15) is 10.1 Å². The van der Waals surface area contributed by atoms with Crippen LogP contribution in [0.3, 0.4) is 0 Å². The predicted octanol–water partition coefficient (Wildman–Crippen LogP) is 3.91. The van der Waals surface area contributed by atoms with Crippen LogP contribution in [0.4, 0.5) is 5.95 Å². The number of rotatable bonds is 5. The number of fused-ring (bicyclic) bond motifs is 1. The normalized spacial score (nSPS) is 15.9. The molecule has 1 aliphatic heterocycles. The van der Waals surface area contributed by atoms with Gasteiger partial charge in [0, 0.05) is 23.7 Å². The van der Waals surface area contributed by atoms with Gasteiger partial charge in [0.25, 0.3) is 0 Å². The van der Waals surface area contributed by atoms with Gasteiger partial charge >= 0.3 is 0 Å². The summed E-state index contributed by atoms with van der Waals surface area (Å²) in [6.45, 7) is 0.130. The molecular formula is C20H19ClN4O. The quantitative estimate of drug-likeness (QED) is 0.718. The summed E-state index contributed by atoms with van der Waals surface area (Å²) < 4.78 is 1.89. The Morgan fingerprint density at radius 3 is 2.58 bits per heavy atom. The molecule has 132 valence electrons. The third-order valence-corrected chi connectivity index (χ3v) is 4.62. The molecule has 2 aromatic carbocycles. The Morgan fingerprint density at radius 1 is 1.08 bits per heavy atom. The lowest BCUT2D eigenvalue weighted by molar-refractivity contribution is 0.287. The standard InChI is InChI=1S/C20H19ClN4O/c21-16-10-8-15(9-11-16)18-13-17(14-5-2-1-3-6-14)22-20-23-19(7-4-12-26)24-25(18)20/h1-3,5-6,8-11,13,18,26H,4,7,12H2,(H,22,23,24). The minimum atomic E-state index is -0.0749. The Balaban J connectivity index is 1.76. The fraction of sp³-hybridized carbons (Fsp3) is 0.200. The van der Waals surface area contributed by atoms with Gasteiger partial charge in [-0.25, -0.2) is 4.68 Å². The molecule has 6 heteroatoms. The van der Waals surface area contributed by atoms with Crippen molar-refractivity contribution >= 4 is 23.2 Å². The molecule has 1 atom stereocenters. The number of hydrogen-bond acceptors (Lipinski definition) is 4. The van der Waals surface area contributed by atoms with Crippen molar-refractivity contribution < 1.29 is 5.11 Å². The van der Waals surface area contributed by atoms with E-state index >= 15 is 0 Å². The number of aliphatic hydroxyl groups excluding tert-OH is 1. The van der Waals surface area contributed by atoms with E-state index in [1.165, 1.54) is 0 Å². The lowest BCUT2D eigenvalue weighted by Crippen LogP contribution is -2.20. The maximum Gasteiger partial charge on any atom is 0.226 e. The summed E-state index contributed by atoms with van der Waals surface area (Å²) in [6, 6.07) is 17.9. The number of hydrogen-bond donors (Lipinski definition) is 2. The molecule has 2 heterocycles. The lowest BCUT2D eigenvalue weighted by Gasteiger charge is -2.24. The molecule has 0 saturated carbocycles. The van der Waals surface area contributed by atoms with Crippen LogP contribution in [0.25, 0.3) is 5.70 Å². The summed E-state index contributed by atoms with van der Waals surface area (Å²) >= 11 is 6.05. The van der Waals surface area contributed by atoms with Crippen molar-refractivity contribution in [2.45, 2.75) is 18.9 Å².